The molecule has 0 aromatic heterocycles. The Bertz CT molecular complexity index is 305. The minimum atomic E-state index is 0.487. The van der Waals surface area contributed by atoms with Crippen molar-refractivity contribution in [1.29, 1.82) is 0 Å². The van der Waals surface area contributed by atoms with E-state index in [-0.39, 0.29) is 0 Å². The zero-order chi connectivity index (χ0) is 10.5. The predicted octanol–water partition coefficient (Wildman–Crippen LogP) is 2.90. The average molecular weight is 205 g/mol. The summed E-state index contributed by atoms with van der Waals surface area (Å²) in [4.78, 5) is 0. The van der Waals surface area contributed by atoms with Crippen molar-refractivity contribution in [3.05, 3.63) is 29.8 Å². The summed E-state index contributed by atoms with van der Waals surface area (Å²) >= 11 is 0. The molecule has 2 rings (SSSR count). The van der Waals surface area contributed by atoms with E-state index in [4.69, 9.17) is 4.74 Å². The third-order valence-corrected chi connectivity index (χ3v) is 2.90. The average Bonchev–Trinajstić information content (AvgIpc) is 2.31. The summed E-state index contributed by atoms with van der Waals surface area (Å²) in [5.74, 6) is 1.04. The SMILES string of the molecule is CCOc1ccccc1C1CCCCN1. The quantitative estimate of drug-likeness (QED) is 0.819. The molecule has 0 amide bonds. The van der Waals surface area contributed by atoms with Gasteiger partial charge in [-0.05, 0) is 32.4 Å². The Kier molecular flexibility index (Phi) is 3.62. The molecule has 2 nitrogen and oxygen atoms in total. The fourth-order valence-electron chi connectivity index (χ4n) is 2.17. The van der Waals surface area contributed by atoms with Gasteiger partial charge < -0.3 is 10.1 Å². The second-order valence-corrected chi connectivity index (χ2v) is 3.97. The van der Waals surface area contributed by atoms with E-state index in [1.54, 1.807) is 0 Å². The molecule has 15 heavy (non-hydrogen) atoms. The van der Waals surface area contributed by atoms with Crippen LogP contribution in [-0.4, -0.2) is 13.2 Å². The molecule has 82 valence electrons. The highest BCUT2D eigenvalue weighted by molar-refractivity contribution is 5.36. The van der Waals surface area contributed by atoms with Crippen molar-refractivity contribution in [2.45, 2.75) is 32.2 Å². The molecule has 2 heteroatoms. The number of nitrogens with one attached hydrogen (secondary N) is 1. The Labute approximate surface area is 91.6 Å². The first-order valence-electron chi connectivity index (χ1n) is 5.87. The third-order valence-electron chi connectivity index (χ3n) is 2.90. The van der Waals surface area contributed by atoms with Gasteiger partial charge in [0.25, 0.3) is 0 Å². The minimum absolute atomic E-state index is 0.487. The van der Waals surface area contributed by atoms with Gasteiger partial charge in [0.1, 0.15) is 5.75 Å². The normalized spacial score (nSPS) is 21.3. The zero-order valence-electron chi connectivity index (χ0n) is 9.33. The van der Waals surface area contributed by atoms with Crippen LogP contribution in [0.2, 0.25) is 0 Å². The molecule has 1 aliphatic rings. The van der Waals surface area contributed by atoms with Crippen molar-refractivity contribution < 1.29 is 4.74 Å². The molecule has 0 spiro atoms. The predicted molar refractivity (Wildman–Crippen MR) is 62.2 cm³/mol. The highest BCUT2D eigenvalue weighted by Crippen LogP contribution is 2.30. The summed E-state index contributed by atoms with van der Waals surface area (Å²) in [6.45, 7) is 3.90. The van der Waals surface area contributed by atoms with Gasteiger partial charge in [-0.1, -0.05) is 24.6 Å². The van der Waals surface area contributed by atoms with Gasteiger partial charge >= 0.3 is 0 Å². The monoisotopic (exact) mass is 205 g/mol. The number of benzene rings is 1. The summed E-state index contributed by atoms with van der Waals surface area (Å²) in [7, 11) is 0. The molecule has 1 fully saturated rings. The number of hydrogen-bond donors (Lipinski definition) is 1. The Hall–Kier alpha value is -1.02. The summed E-state index contributed by atoms with van der Waals surface area (Å²) < 4.78 is 5.65. The zero-order valence-corrected chi connectivity index (χ0v) is 9.33. The summed E-state index contributed by atoms with van der Waals surface area (Å²) in [5, 5.41) is 3.55. The summed E-state index contributed by atoms with van der Waals surface area (Å²) in [6.07, 6.45) is 3.84. The van der Waals surface area contributed by atoms with E-state index < -0.39 is 0 Å². The van der Waals surface area contributed by atoms with Gasteiger partial charge in [0.05, 0.1) is 6.61 Å². The molecule has 1 saturated heterocycles. The van der Waals surface area contributed by atoms with Gasteiger partial charge in [0.15, 0.2) is 0 Å². The molecule has 1 aromatic carbocycles. The molecule has 0 radical (unpaired) electrons. The fraction of sp³-hybridized carbons (Fsp3) is 0.538. The van der Waals surface area contributed by atoms with Crippen LogP contribution in [0.1, 0.15) is 37.8 Å². The molecule has 1 N–H and O–H groups in total. The van der Waals surface area contributed by atoms with Crippen molar-refractivity contribution in [3.8, 4) is 5.75 Å². The smallest absolute Gasteiger partial charge is 0.124 e. The van der Waals surface area contributed by atoms with Gasteiger partial charge in [-0.2, -0.15) is 0 Å². The number of para-hydroxylation sites is 1. The van der Waals surface area contributed by atoms with Gasteiger partial charge in [-0.15, -0.1) is 0 Å². The molecule has 1 aliphatic heterocycles. The van der Waals surface area contributed by atoms with E-state index in [0.29, 0.717) is 6.04 Å². The van der Waals surface area contributed by atoms with Crippen LogP contribution < -0.4 is 10.1 Å². The molecule has 1 heterocycles. The first-order valence-corrected chi connectivity index (χ1v) is 5.87. The van der Waals surface area contributed by atoms with Crippen molar-refractivity contribution in [2.75, 3.05) is 13.2 Å². The van der Waals surface area contributed by atoms with E-state index >= 15 is 0 Å². The summed E-state index contributed by atoms with van der Waals surface area (Å²) in [6, 6.07) is 8.86. The Morgan fingerprint density at radius 1 is 1.33 bits per heavy atom. The van der Waals surface area contributed by atoms with Crippen LogP contribution in [0.5, 0.6) is 5.75 Å². The lowest BCUT2D eigenvalue weighted by molar-refractivity contribution is 0.324. The van der Waals surface area contributed by atoms with Gasteiger partial charge in [-0.25, -0.2) is 0 Å². The minimum Gasteiger partial charge on any atom is -0.494 e. The molecule has 1 atom stereocenters. The lowest BCUT2D eigenvalue weighted by atomic mass is 9.97. The van der Waals surface area contributed by atoms with Crippen LogP contribution >= 0.6 is 0 Å². The maximum Gasteiger partial charge on any atom is 0.124 e. The van der Waals surface area contributed by atoms with Crippen molar-refractivity contribution in [1.82, 2.24) is 5.32 Å². The van der Waals surface area contributed by atoms with Gasteiger partial charge in [-0.3, -0.25) is 0 Å². The number of piperidine rings is 1. The maximum atomic E-state index is 5.65. The molecule has 0 aliphatic carbocycles. The molecular weight excluding hydrogens is 186 g/mol. The largest absolute Gasteiger partial charge is 0.494 e. The van der Waals surface area contributed by atoms with Gasteiger partial charge in [0.2, 0.25) is 0 Å². The van der Waals surface area contributed by atoms with Crippen molar-refractivity contribution in [3.63, 3.8) is 0 Å². The van der Waals surface area contributed by atoms with Crippen molar-refractivity contribution in [2.24, 2.45) is 0 Å². The van der Waals surface area contributed by atoms with Crippen LogP contribution in [0, 0.1) is 0 Å². The second kappa shape index (κ2) is 5.17. The first kappa shape index (κ1) is 10.5. The Morgan fingerprint density at radius 3 is 2.93 bits per heavy atom. The van der Waals surface area contributed by atoms with E-state index in [9.17, 15) is 0 Å². The molecule has 1 aromatic rings. The van der Waals surface area contributed by atoms with E-state index in [1.165, 1.54) is 24.8 Å². The lowest BCUT2D eigenvalue weighted by Crippen LogP contribution is -2.27. The van der Waals surface area contributed by atoms with Crippen LogP contribution in [0.3, 0.4) is 0 Å². The second-order valence-electron chi connectivity index (χ2n) is 3.97. The standard InChI is InChI=1S/C13H19NO/c1-2-15-13-9-4-3-7-11(13)12-8-5-6-10-14-12/h3-4,7,9,12,14H,2,5-6,8,10H2,1H3. The Morgan fingerprint density at radius 2 is 2.20 bits per heavy atom. The Balaban J connectivity index is 2.17. The van der Waals surface area contributed by atoms with E-state index in [0.717, 1.165) is 18.9 Å². The third kappa shape index (κ3) is 2.51. The van der Waals surface area contributed by atoms with E-state index in [2.05, 4.69) is 23.5 Å². The molecule has 0 bridgehead atoms. The van der Waals surface area contributed by atoms with Crippen LogP contribution in [0.4, 0.5) is 0 Å². The van der Waals surface area contributed by atoms with Crippen LogP contribution in [-0.2, 0) is 0 Å². The topological polar surface area (TPSA) is 21.3 Å². The highest BCUT2D eigenvalue weighted by Gasteiger charge is 2.17. The molecule has 1 unspecified atom stereocenters. The molecule has 0 saturated carbocycles. The van der Waals surface area contributed by atoms with Gasteiger partial charge in [0, 0.05) is 11.6 Å². The van der Waals surface area contributed by atoms with Crippen molar-refractivity contribution >= 4 is 0 Å². The molecular formula is C13H19NO. The first-order chi connectivity index (χ1) is 7.42. The number of ether oxygens (including phenoxy) is 1. The summed E-state index contributed by atoms with van der Waals surface area (Å²) in [5.41, 5.74) is 1.32. The maximum absolute atomic E-state index is 5.65. The lowest BCUT2D eigenvalue weighted by Gasteiger charge is -2.25. The van der Waals surface area contributed by atoms with E-state index in [1.807, 2.05) is 13.0 Å². The highest BCUT2D eigenvalue weighted by atomic mass is 16.5. The van der Waals surface area contributed by atoms with Crippen LogP contribution in [0.25, 0.3) is 0 Å². The fourth-order valence-corrected chi connectivity index (χ4v) is 2.17. The number of rotatable bonds is 3. The number of hydrogen-bond acceptors (Lipinski definition) is 2. The van der Waals surface area contributed by atoms with Crippen LogP contribution in [0.15, 0.2) is 24.3 Å².